The van der Waals surface area contributed by atoms with Crippen LogP contribution >= 0.6 is 0 Å². The average molecular weight is 478 g/mol. The van der Waals surface area contributed by atoms with Crippen LogP contribution in [0.5, 0.6) is 0 Å². The first-order valence-corrected chi connectivity index (χ1v) is 12.6. The summed E-state index contributed by atoms with van der Waals surface area (Å²) in [6, 6.07) is 18.6. The summed E-state index contributed by atoms with van der Waals surface area (Å²) >= 11 is 0. The highest BCUT2D eigenvalue weighted by molar-refractivity contribution is 5.87. The van der Waals surface area contributed by atoms with E-state index in [0.29, 0.717) is 32.7 Å². The Labute approximate surface area is 207 Å². The normalized spacial score (nSPS) is 23.2. The number of benzene rings is 2. The van der Waals surface area contributed by atoms with Crippen LogP contribution in [0.4, 0.5) is 0 Å². The van der Waals surface area contributed by atoms with E-state index in [1.165, 1.54) is 11.1 Å². The lowest BCUT2D eigenvalue weighted by Gasteiger charge is -2.35. The second-order valence-corrected chi connectivity index (χ2v) is 9.33. The van der Waals surface area contributed by atoms with Crippen LogP contribution < -0.4 is 0 Å². The molecule has 0 spiro atoms. The van der Waals surface area contributed by atoms with Crippen molar-refractivity contribution in [1.29, 1.82) is 0 Å². The zero-order chi connectivity index (χ0) is 24.5. The van der Waals surface area contributed by atoms with Gasteiger partial charge in [-0.1, -0.05) is 66.7 Å². The largest absolute Gasteiger partial charge is 0.481 e. The third-order valence-electron chi connectivity index (χ3n) is 6.92. The molecule has 0 bridgehead atoms. The molecule has 6 heteroatoms. The lowest BCUT2D eigenvalue weighted by atomic mass is 9.95. The van der Waals surface area contributed by atoms with Gasteiger partial charge in [-0.3, -0.25) is 14.5 Å². The maximum absolute atomic E-state index is 13.1. The third-order valence-corrected chi connectivity index (χ3v) is 6.92. The molecule has 1 saturated heterocycles. The van der Waals surface area contributed by atoms with E-state index in [1.54, 1.807) is 0 Å². The highest BCUT2D eigenvalue weighted by Gasteiger charge is 2.45. The average Bonchev–Trinajstić information content (AvgIpc) is 3.20. The van der Waals surface area contributed by atoms with Gasteiger partial charge in [-0.25, -0.2) is 0 Å². The highest BCUT2D eigenvalue weighted by atomic mass is 16.5. The van der Waals surface area contributed by atoms with Gasteiger partial charge in [0.2, 0.25) is 0 Å². The molecule has 3 atom stereocenters. The number of Topliss-reactive ketones (excluding diaryl/α,β-unsaturated/α-hetero) is 1. The summed E-state index contributed by atoms with van der Waals surface area (Å²) in [4.78, 5) is 26.0. The van der Waals surface area contributed by atoms with Crippen molar-refractivity contribution in [3.63, 3.8) is 0 Å². The van der Waals surface area contributed by atoms with Crippen LogP contribution in [-0.2, 0) is 25.7 Å². The first-order valence-electron chi connectivity index (χ1n) is 12.6. The number of hydrogen-bond donors (Lipinski definition) is 1. The quantitative estimate of drug-likeness (QED) is 0.373. The molecular weight excluding hydrogens is 442 g/mol. The van der Waals surface area contributed by atoms with Crippen LogP contribution in [0, 0.1) is 5.92 Å². The minimum absolute atomic E-state index is 0.0833. The van der Waals surface area contributed by atoms with Gasteiger partial charge < -0.3 is 14.6 Å². The lowest BCUT2D eigenvalue weighted by Crippen LogP contribution is -2.49. The van der Waals surface area contributed by atoms with Crippen molar-refractivity contribution in [2.75, 3.05) is 26.3 Å². The van der Waals surface area contributed by atoms with E-state index < -0.39 is 5.97 Å². The molecular formula is C29H35NO5. The Morgan fingerprint density at radius 3 is 2.46 bits per heavy atom. The number of unbranched alkanes of at least 4 members (excludes halogenated alkanes) is 1. The van der Waals surface area contributed by atoms with Gasteiger partial charge >= 0.3 is 5.97 Å². The number of ether oxygens (including phenoxy) is 2. The van der Waals surface area contributed by atoms with Crippen molar-refractivity contribution in [1.82, 2.24) is 4.90 Å². The number of morpholine rings is 1. The molecule has 4 rings (SSSR count). The molecule has 2 aliphatic rings. The zero-order valence-electron chi connectivity index (χ0n) is 20.2. The third kappa shape index (κ3) is 7.10. The zero-order valence-corrected chi connectivity index (χ0v) is 20.2. The predicted octanol–water partition coefficient (Wildman–Crippen LogP) is 4.73. The molecule has 6 nitrogen and oxygen atoms in total. The van der Waals surface area contributed by atoms with Crippen LogP contribution in [0.25, 0.3) is 11.1 Å². The van der Waals surface area contributed by atoms with Gasteiger partial charge in [-0.2, -0.15) is 0 Å². The molecule has 1 N–H and O–H groups in total. The van der Waals surface area contributed by atoms with Crippen LogP contribution in [0.3, 0.4) is 0 Å². The van der Waals surface area contributed by atoms with Crippen LogP contribution in [0.1, 0.15) is 37.7 Å². The summed E-state index contributed by atoms with van der Waals surface area (Å²) < 4.78 is 11.9. The van der Waals surface area contributed by atoms with E-state index in [0.717, 1.165) is 31.5 Å². The fourth-order valence-corrected chi connectivity index (χ4v) is 5.08. The second kappa shape index (κ2) is 12.8. The summed E-state index contributed by atoms with van der Waals surface area (Å²) in [5.74, 6) is -0.432. The topological polar surface area (TPSA) is 76.1 Å². The van der Waals surface area contributed by atoms with E-state index >= 15 is 0 Å². The summed E-state index contributed by atoms with van der Waals surface area (Å²) in [5, 5.41) is 8.82. The SMILES string of the molecule is O=C(O)CCCC=CC[C@H]1C(OCc2ccc(-c3ccccc3)cc2)CC(=O)C1N1CCOCC1. The standard InChI is InChI=1S/C29H35NO5/c31-26-20-27(35-21-22-12-14-24(15-13-22)23-8-4-3-5-9-23)25(10-6-1-2-7-11-28(32)33)29(26)30-16-18-34-19-17-30/h1,3-6,8-9,12-15,25,27,29H,2,7,10-11,16-21H2,(H,32,33)/t25-,27?,29?/m0/s1. The van der Waals surface area contributed by atoms with Crippen LogP contribution in [0.15, 0.2) is 66.7 Å². The van der Waals surface area contributed by atoms with E-state index in [1.807, 2.05) is 24.3 Å². The minimum Gasteiger partial charge on any atom is -0.481 e. The Morgan fingerprint density at radius 1 is 1.03 bits per heavy atom. The number of carboxylic acids is 1. The number of ketones is 1. The fourth-order valence-electron chi connectivity index (χ4n) is 5.08. The number of allylic oxidation sites excluding steroid dienone is 2. The van der Waals surface area contributed by atoms with E-state index in [9.17, 15) is 9.59 Å². The Morgan fingerprint density at radius 2 is 1.74 bits per heavy atom. The summed E-state index contributed by atoms with van der Waals surface area (Å²) in [7, 11) is 0. The molecule has 2 unspecified atom stereocenters. The molecule has 35 heavy (non-hydrogen) atoms. The van der Waals surface area contributed by atoms with Gasteiger partial charge in [-0.15, -0.1) is 0 Å². The van der Waals surface area contributed by atoms with Crippen molar-refractivity contribution < 1.29 is 24.2 Å². The minimum atomic E-state index is -0.766. The molecule has 2 fully saturated rings. The molecule has 0 aromatic heterocycles. The van der Waals surface area contributed by atoms with Crippen molar-refractivity contribution >= 4 is 11.8 Å². The number of hydrogen-bond acceptors (Lipinski definition) is 5. The van der Waals surface area contributed by atoms with Gasteiger partial charge in [0, 0.05) is 31.8 Å². The van der Waals surface area contributed by atoms with Gasteiger partial charge in [0.15, 0.2) is 5.78 Å². The number of carbonyl (C=O) groups excluding carboxylic acids is 1. The highest BCUT2D eigenvalue weighted by Crippen LogP contribution is 2.34. The van der Waals surface area contributed by atoms with Crippen molar-refractivity contribution in [3.05, 3.63) is 72.3 Å². The molecule has 1 aliphatic heterocycles. The maximum atomic E-state index is 13.1. The Bertz CT molecular complexity index is 982. The van der Waals surface area contributed by atoms with Crippen molar-refractivity contribution in [3.8, 4) is 11.1 Å². The second-order valence-electron chi connectivity index (χ2n) is 9.33. The van der Waals surface area contributed by atoms with E-state index in [-0.39, 0.29) is 30.3 Å². The van der Waals surface area contributed by atoms with Gasteiger partial charge in [-0.05, 0) is 36.0 Å². The number of carbonyl (C=O) groups is 2. The Hall–Kier alpha value is -2.80. The summed E-state index contributed by atoms with van der Waals surface area (Å²) in [6.45, 7) is 3.31. The van der Waals surface area contributed by atoms with Crippen LogP contribution in [0.2, 0.25) is 0 Å². The first kappa shape index (κ1) is 25.3. The Balaban J connectivity index is 1.38. The molecule has 186 valence electrons. The van der Waals surface area contributed by atoms with E-state index in [4.69, 9.17) is 14.6 Å². The number of aliphatic carboxylic acids is 1. The van der Waals surface area contributed by atoms with Crippen molar-refractivity contribution in [2.45, 2.75) is 50.9 Å². The summed E-state index contributed by atoms with van der Waals surface area (Å²) in [5.41, 5.74) is 3.45. The molecule has 0 radical (unpaired) electrons. The van der Waals surface area contributed by atoms with Crippen molar-refractivity contribution in [2.24, 2.45) is 5.92 Å². The molecule has 2 aromatic carbocycles. The number of nitrogens with zero attached hydrogens (tertiary/aromatic N) is 1. The predicted molar refractivity (Wildman–Crippen MR) is 135 cm³/mol. The Kier molecular flexibility index (Phi) is 9.23. The number of rotatable bonds is 11. The molecule has 0 amide bonds. The fraction of sp³-hybridized carbons (Fsp3) is 0.448. The smallest absolute Gasteiger partial charge is 0.303 e. The molecule has 2 aromatic rings. The summed E-state index contributed by atoms with van der Waals surface area (Å²) in [6.07, 6.45) is 6.73. The number of carboxylic acid groups (broad SMARTS) is 1. The maximum Gasteiger partial charge on any atom is 0.303 e. The van der Waals surface area contributed by atoms with Gasteiger partial charge in [0.25, 0.3) is 0 Å². The van der Waals surface area contributed by atoms with Crippen LogP contribution in [-0.4, -0.2) is 60.2 Å². The van der Waals surface area contributed by atoms with Gasteiger partial charge in [0.05, 0.1) is 32.0 Å². The molecule has 1 heterocycles. The van der Waals surface area contributed by atoms with E-state index in [2.05, 4.69) is 47.4 Å². The monoisotopic (exact) mass is 477 g/mol. The van der Waals surface area contributed by atoms with Gasteiger partial charge in [0.1, 0.15) is 0 Å². The lowest BCUT2D eigenvalue weighted by molar-refractivity contribution is -0.137. The molecule has 1 aliphatic carbocycles. The first-order chi connectivity index (χ1) is 17.1. The molecule has 1 saturated carbocycles.